The third-order valence-electron chi connectivity index (χ3n) is 9.08. The van der Waals surface area contributed by atoms with Crippen molar-refractivity contribution in [1.29, 1.82) is 0 Å². The molecule has 0 aliphatic rings. The second-order valence-electron chi connectivity index (χ2n) is 11.4. The highest BCUT2D eigenvalue weighted by molar-refractivity contribution is 6.19. The standard InChI is InChI=1S/C40H24N2O/c1-2-10-26-21-27(18-17-25(26)9-1)41-35-14-6-3-11-29(35)32-24-38-33(23-37(32)41)30-12-4-7-15-36(30)42(38)28-19-20-40-34(22-28)31-13-5-8-16-39(31)43-40/h1-24H. The molecule has 43 heavy (non-hydrogen) atoms. The summed E-state index contributed by atoms with van der Waals surface area (Å²) in [7, 11) is 0. The van der Waals surface area contributed by atoms with Crippen molar-refractivity contribution in [2.45, 2.75) is 0 Å². The maximum atomic E-state index is 6.17. The van der Waals surface area contributed by atoms with Crippen molar-refractivity contribution < 1.29 is 4.42 Å². The minimum Gasteiger partial charge on any atom is -0.456 e. The lowest BCUT2D eigenvalue weighted by Gasteiger charge is -2.10. The zero-order valence-electron chi connectivity index (χ0n) is 23.2. The first-order valence-electron chi connectivity index (χ1n) is 14.7. The third kappa shape index (κ3) is 3.14. The second kappa shape index (κ2) is 8.37. The fourth-order valence-corrected chi connectivity index (χ4v) is 7.16. The number of furan rings is 1. The molecular formula is C40H24N2O. The predicted molar refractivity (Wildman–Crippen MR) is 180 cm³/mol. The molecule has 0 N–H and O–H groups in total. The van der Waals surface area contributed by atoms with Gasteiger partial charge in [-0.05, 0) is 71.4 Å². The third-order valence-corrected chi connectivity index (χ3v) is 9.08. The van der Waals surface area contributed by atoms with Crippen LogP contribution in [0.1, 0.15) is 0 Å². The predicted octanol–water partition coefficient (Wildman–Crippen LogP) is 10.9. The summed E-state index contributed by atoms with van der Waals surface area (Å²) in [5.41, 5.74) is 8.94. The summed E-state index contributed by atoms with van der Waals surface area (Å²) >= 11 is 0. The van der Waals surface area contributed by atoms with Gasteiger partial charge in [0.2, 0.25) is 0 Å². The number of rotatable bonds is 2. The quantitative estimate of drug-likeness (QED) is 0.211. The van der Waals surface area contributed by atoms with Gasteiger partial charge in [-0.2, -0.15) is 0 Å². The van der Waals surface area contributed by atoms with Gasteiger partial charge in [0.15, 0.2) is 0 Å². The zero-order chi connectivity index (χ0) is 28.1. The largest absolute Gasteiger partial charge is 0.456 e. The van der Waals surface area contributed by atoms with Gasteiger partial charge < -0.3 is 13.6 Å². The van der Waals surface area contributed by atoms with Crippen LogP contribution in [-0.4, -0.2) is 9.13 Å². The van der Waals surface area contributed by atoms with Crippen LogP contribution >= 0.6 is 0 Å². The van der Waals surface area contributed by atoms with Crippen molar-refractivity contribution in [3.63, 3.8) is 0 Å². The Balaban J connectivity index is 1.32. The highest BCUT2D eigenvalue weighted by atomic mass is 16.3. The van der Waals surface area contributed by atoms with Crippen LogP contribution in [-0.2, 0) is 0 Å². The topological polar surface area (TPSA) is 23.0 Å². The molecule has 0 saturated heterocycles. The van der Waals surface area contributed by atoms with Gasteiger partial charge in [0.05, 0.1) is 22.1 Å². The van der Waals surface area contributed by atoms with Crippen LogP contribution in [0.4, 0.5) is 0 Å². The van der Waals surface area contributed by atoms with Crippen molar-refractivity contribution in [1.82, 2.24) is 9.13 Å². The number of benzene rings is 7. The summed E-state index contributed by atoms with van der Waals surface area (Å²) in [5.74, 6) is 0. The fourth-order valence-electron chi connectivity index (χ4n) is 7.16. The molecule has 7 aromatic carbocycles. The molecule has 3 aromatic heterocycles. The van der Waals surface area contributed by atoms with Gasteiger partial charge >= 0.3 is 0 Å². The lowest BCUT2D eigenvalue weighted by molar-refractivity contribution is 0.669. The lowest BCUT2D eigenvalue weighted by Crippen LogP contribution is -1.95. The van der Waals surface area contributed by atoms with Crippen molar-refractivity contribution in [3.05, 3.63) is 146 Å². The first-order valence-corrected chi connectivity index (χ1v) is 14.7. The van der Waals surface area contributed by atoms with Gasteiger partial charge in [0, 0.05) is 43.7 Å². The van der Waals surface area contributed by atoms with Crippen LogP contribution in [0.25, 0.3) is 87.7 Å². The molecule has 3 heterocycles. The molecule has 0 aliphatic carbocycles. The molecule has 0 bridgehead atoms. The molecule has 3 heteroatoms. The van der Waals surface area contributed by atoms with Crippen LogP contribution in [0.15, 0.2) is 150 Å². The Morgan fingerprint density at radius 1 is 0.326 bits per heavy atom. The van der Waals surface area contributed by atoms with Crippen LogP contribution in [0.5, 0.6) is 0 Å². The van der Waals surface area contributed by atoms with E-state index >= 15 is 0 Å². The molecule has 0 aliphatic heterocycles. The molecule has 3 nitrogen and oxygen atoms in total. The summed E-state index contributed by atoms with van der Waals surface area (Å²) in [6, 6.07) is 52.5. The van der Waals surface area contributed by atoms with Gasteiger partial charge in [-0.1, -0.05) is 84.9 Å². The minimum absolute atomic E-state index is 0.909. The summed E-state index contributed by atoms with van der Waals surface area (Å²) in [6.45, 7) is 0. The fraction of sp³-hybridized carbons (Fsp3) is 0. The van der Waals surface area contributed by atoms with Crippen LogP contribution in [0.3, 0.4) is 0 Å². The van der Waals surface area contributed by atoms with E-state index in [9.17, 15) is 0 Å². The monoisotopic (exact) mass is 548 g/mol. The van der Waals surface area contributed by atoms with E-state index in [4.69, 9.17) is 4.42 Å². The first-order chi connectivity index (χ1) is 21.3. The highest BCUT2D eigenvalue weighted by Gasteiger charge is 2.19. The summed E-state index contributed by atoms with van der Waals surface area (Å²) in [5, 5.41) is 9.74. The molecule has 200 valence electrons. The summed E-state index contributed by atoms with van der Waals surface area (Å²) in [4.78, 5) is 0. The van der Waals surface area contributed by atoms with Gasteiger partial charge in [0.25, 0.3) is 0 Å². The Hall–Kier alpha value is -5.80. The van der Waals surface area contributed by atoms with Crippen molar-refractivity contribution in [2.24, 2.45) is 0 Å². The number of fused-ring (bicyclic) bond motifs is 10. The maximum Gasteiger partial charge on any atom is 0.135 e. The van der Waals surface area contributed by atoms with E-state index in [0.717, 1.165) is 27.6 Å². The van der Waals surface area contributed by atoms with E-state index in [1.54, 1.807) is 0 Å². The second-order valence-corrected chi connectivity index (χ2v) is 11.4. The molecule has 0 unspecified atom stereocenters. The first kappa shape index (κ1) is 22.8. The average molecular weight is 549 g/mol. The van der Waals surface area contributed by atoms with Crippen LogP contribution in [0, 0.1) is 0 Å². The van der Waals surface area contributed by atoms with Crippen LogP contribution in [0.2, 0.25) is 0 Å². The van der Waals surface area contributed by atoms with E-state index in [1.165, 1.54) is 60.1 Å². The van der Waals surface area contributed by atoms with E-state index in [1.807, 2.05) is 12.1 Å². The molecular weight excluding hydrogens is 524 g/mol. The Kier molecular flexibility index (Phi) is 4.45. The normalized spacial score (nSPS) is 12.2. The zero-order valence-corrected chi connectivity index (χ0v) is 23.2. The molecule has 0 fully saturated rings. The Labute approximate surface area is 246 Å². The number of para-hydroxylation sites is 3. The van der Waals surface area contributed by atoms with E-state index in [2.05, 4.69) is 143 Å². The van der Waals surface area contributed by atoms with Gasteiger partial charge in [-0.3, -0.25) is 0 Å². The molecule has 0 saturated carbocycles. The number of hydrogen-bond acceptors (Lipinski definition) is 1. The summed E-state index contributed by atoms with van der Waals surface area (Å²) in [6.07, 6.45) is 0. The lowest BCUT2D eigenvalue weighted by atomic mass is 10.1. The molecule has 0 amide bonds. The average Bonchev–Trinajstić information content (AvgIpc) is 3.70. The SMILES string of the molecule is c1ccc2cc(-n3c4ccccc4c4cc5c(cc43)c3ccccc3n5-c3ccc4oc5ccccc5c4c3)ccc2c1. The molecule has 10 rings (SSSR count). The number of aromatic nitrogens is 2. The molecule has 10 aromatic rings. The van der Waals surface area contributed by atoms with Gasteiger partial charge in [-0.25, -0.2) is 0 Å². The Morgan fingerprint density at radius 3 is 1.58 bits per heavy atom. The summed E-state index contributed by atoms with van der Waals surface area (Å²) < 4.78 is 11.0. The molecule has 0 spiro atoms. The Morgan fingerprint density at radius 2 is 0.860 bits per heavy atom. The minimum atomic E-state index is 0.909. The Bertz CT molecular complexity index is 2740. The van der Waals surface area contributed by atoms with Crippen molar-refractivity contribution in [3.8, 4) is 11.4 Å². The van der Waals surface area contributed by atoms with Gasteiger partial charge in [0.1, 0.15) is 11.2 Å². The van der Waals surface area contributed by atoms with Gasteiger partial charge in [-0.15, -0.1) is 0 Å². The number of nitrogens with zero attached hydrogens (tertiary/aromatic N) is 2. The molecule has 0 radical (unpaired) electrons. The van der Waals surface area contributed by atoms with Crippen molar-refractivity contribution >= 4 is 76.3 Å². The maximum absolute atomic E-state index is 6.17. The number of hydrogen-bond donors (Lipinski definition) is 0. The van der Waals surface area contributed by atoms with E-state index < -0.39 is 0 Å². The molecule has 0 atom stereocenters. The van der Waals surface area contributed by atoms with Crippen LogP contribution < -0.4 is 0 Å². The highest BCUT2D eigenvalue weighted by Crippen LogP contribution is 2.40. The smallest absolute Gasteiger partial charge is 0.135 e. The van der Waals surface area contributed by atoms with E-state index in [0.29, 0.717) is 0 Å². The van der Waals surface area contributed by atoms with E-state index in [-0.39, 0.29) is 0 Å². The van der Waals surface area contributed by atoms with Crippen molar-refractivity contribution in [2.75, 3.05) is 0 Å².